The molecule has 2 aromatic carbocycles. The van der Waals surface area contributed by atoms with E-state index in [2.05, 4.69) is 0 Å². The molecule has 13 nitrogen and oxygen atoms in total. The number of non-ortho nitro benzene ring substituents is 2. The van der Waals surface area contributed by atoms with Gasteiger partial charge in [0.25, 0.3) is 11.4 Å². The number of carbonyl (C=O) groups excluding carboxylic acids is 3. The number of nitro benzene ring substituents is 2. The van der Waals surface area contributed by atoms with Crippen LogP contribution in [0.1, 0.15) is 20.7 Å². The van der Waals surface area contributed by atoms with Crippen LogP contribution in [0.3, 0.4) is 0 Å². The zero-order valence-corrected chi connectivity index (χ0v) is 16.5. The summed E-state index contributed by atoms with van der Waals surface area (Å²) in [5.74, 6) is -1.48. The molecule has 0 aromatic heterocycles. The van der Waals surface area contributed by atoms with Crippen LogP contribution < -0.4 is 5.73 Å². The summed E-state index contributed by atoms with van der Waals surface area (Å²) in [7, 11) is 0. The Labute approximate surface area is 180 Å². The fourth-order valence-electron chi connectivity index (χ4n) is 2.43. The van der Waals surface area contributed by atoms with Crippen molar-refractivity contribution in [3.63, 3.8) is 0 Å². The first kappa shape index (κ1) is 23.7. The van der Waals surface area contributed by atoms with E-state index in [-0.39, 0.29) is 48.8 Å². The molecule has 168 valence electrons. The lowest BCUT2D eigenvalue weighted by Crippen LogP contribution is -2.40. The van der Waals surface area contributed by atoms with Crippen LogP contribution >= 0.6 is 0 Å². The largest absolute Gasteiger partial charge is 0.460 e. The van der Waals surface area contributed by atoms with Gasteiger partial charge in [0.1, 0.15) is 13.2 Å². The maximum Gasteiger partial charge on any atom is 0.338 e. The predicted molar refractivity (Wildman–Crippen MR) is 108 cm³/mol. The molecule has 2 amide bonds. The molecular formula is C19H18N4O9. The molecule has 0 saturated carbocycles. The number of nitrogens with two attached hydrogens (primary N) is 1. The van der Waals surface area contributed by atoms with E-state index >= 15 is 0 Å². The van der Waals surface area contributed by atoms with Gasteiger partial charge in [-0.1, -0.05) is 0 Å². The minimum Gasteiger partial charge on any atom is -0.460 e. The van der Waals surface area contributed by atoms with Gasteiger partial charge >= 0.3 is 18.0 Å². The van der Waals surface area contributed by atoms with Gasteiger partial charge in [0, 0.05) is 24.3 Å². The minimum absolute atomic E-state index is 0.0802. The first-order chi connectivity index (χ1) is 15.2. The number of hydrogen-bond acceptors (Lipinski definition) is 9. The lowest BCUT2D eigenvalue weighted by Gasteiger charge is -2.20. The first-order valence-electron chi connectivity index (χ1n) is 9.06. The fraction of sp³-hybridized carbons (Fsp3) is 0.211. The van der Waals surface area contributed by atoms with E-state index in [0.717, 1.165) is 29.2 Å². The summed E-state index contributed by atoms with van der Waals surface area (Å²) in [4.78, 5) is 56.6. The third-order valence-corrected chi connectivity index (χ3v) is 4.13. The summed E-state index contributed by atoms with van der Waals surface area (Å²) in [5, 5.41) is 21.2. The van der Waals surface area contributed by atoms with Crippen molar-refractivity contribution in [1.82, 2.24) is 4.90 Å². The Hall–Kier alpha value is -4.55. The quantitative estimate of drug-likeness (QED) is 0.323. The van der Waals surface area contributed by atoms with Crippen molar-refractivity contribution in [1.29, 1.82) is 0 Å². The van der Waals surface area contributed by atoms with E-state index in [4.69, 9.17) is 15.2 Å². The van der Waals surface area contributed by atoms with Crippen molar-refractivity contribution < 1.29 is 33.7 Å². The highest BCUT2D eigenvalue weighted by Crippen LogP contribution is 2.13. The number of hydrogen-bond donors (Lipinski definition) is 1. The van der Waals surface area contributed by atoms with Gasteiger partial charge in [-0.05, 0) is 24.3 Å². The number of benzene rings is 2. The zero-order valence-electron chi connectivity index (χ0n) is 16.5. The van der Waals surface area contributed by atoms with E-state index in [0.29, 0.717) is 0 Å². The van der Waals surface area contributed by atoms with Crippen molar-refractivity contribution in [3.8, 4) is 0 Å². The van der Waals surface area contributed by atoms with Crippen LogP contribution in [-0.4, -0.2) is 59.0 Å². The Morgan fingerprint density at radius 2 is 1.09 bits per heavy atom. The fourth-order valence-corrected chi connectivity index (χ4v) is 2.43. The summed E-state index contributed by atoms with van der Waals surface area (Å²) in [6.07, 6.45) is 0. The number of nitro groups is 2. The van der Waals surface area contributed by atoms with E-state index in [9.17, 15) is 34.6 Å². The topological polar surface area (TPSA) is 185 Å². The molecule has 2 aromatic rings. The second-order valence-electron chi connectivity index (χ2n) is 6.21. The van der Waals surface area contributed by atoms with Crippen LogP contribution in [0, 0.1) is 20.2 Å². The predicted octanol–water partition coefficient (Wildman–Crippen LogP) is 1.90. The molecule has 0 saturated heterocycles. The average molecular weight is 446 g/mol. The minimum atomic E-state index is -0.831. The van der Waals surface area contributed by atoms with E-state index in [1.807, 2.05) is 0 Å². The molecule has 2 rings (SSSR count). The van der Waals surface area contributed by atoms with E-state index < -0.39 is 27.8 Å². The Kier molecular flexibility index (Phi) is 8.16. The second kappa shape index (κ2) is 11.0. The van der Waals surface area contributed by atoms with E-state index in [1.54, 1.807) is 0 Å². The molecule has 0 fully saturated rings. The molecule has 0 aliphatic rings. The number of primary amides is 1. The van der Waals surface area contributed by atoms with Gasteiger partial charge in [-0.3, -0.25) is 20.2 Å². The zero-order chi connectivity index (χ0) is 23.7. The lowest BCUT2D eigenvalue weighted by atomic mass is 10.2. The third-order valence-electron chi connectivity index (χ3n) is 4.13. The number of amides is 2. The van der Waals surface area contributed by atoms with Gasteiger partial charge in [-0.2, -0.15) is 0 Å². The molecule has 0 aliphatic carbocycles. The van der Waals surface area contributed by atoms with E-state index in [1.165, 1.54) is 24.3 Å². The lowest BCUT2D eigenvalue weighted by molar-refractivity contribution is -0.385. The number of esters is 2. The first-order valence-corrected chi connectivity index (χ1v) is 9.06. The third kappa shape index (κ3) is 6.76. The summed E-state index contributed by atoms with van der Waals surface area (Å²) in [6, 6.07) is 8.76. The molecule has 32 heavy (non-hydrogen) atoms. The molecule has 0 radical (unpaired) electrons. The van der Waals surface area contributed by atoms with Gasteiger partial charge < -0.3 is 20.1 Å². The second-order valence-corrected chi connectivity index (χ2v) is 6.21. The summed E-state index contributed by atoms with van der Waals surface area (Å²) in [6.45, 7) is -0.587. The van der Waals surface area contributed by atoms with Crippen molar-refractivity contribution in [2.24, 2.45) is 5.73 Å². The van der Waals surface area contributed by atoms with Gasteiger partial charge in [-0.15, -0.1) is 0 Å². The van der Waals surface area contributed by atoms with Crippen LogP contribution in [-0.2, 0) is 9.47 Å². The van der Waals surface area contributed by atoms with Crippen LogP contribution in [0.5, 0.6) is 0 Å². The summed E-state index contributed by atoms with van der Waals surface area (Å²) < 4.78 is 10.0. The number of ether oxygens (including phenoxy) is 2. The molecule has 0 unspecified atom stereocenters. The van der Waals surface area contributed by atoms with Crippen LogP contribution in [0.15, 0.2) is 48.5 Å². The maximum absolute atomic E-state index is 12.0. The molecule has 2 N–H and O–H groups in total. The molecular weight excluding hydrogens is 428 g/mol. The van der Waals surface area contributed by atoms with Crippen LogP contribution in [0.2, 0.25) is 0 Å². The highest BCUT2D eigenvalue weighted by atomic mass is 16.6. The van der Waals surface area contributed by atoms with Crippen molar-refractivity contribution in [2.75, 3.05) is 26.3 Å². The highest BCUT2D eigenvalue weighted by molar-refractivity contribution is 5.90. The summed E-state index contributed by atoms with van der Waals surface area (Å²) >= 11 is 0. The molecule has 0 bridgehead atoms. The smallest absolute Gasteiger partial charge is 0.338 e. The SMILES string of the molecule is NC(=O)N(CCOC(=O)c1ccc([N+](=O)[O-])cc1)CCOC(=O)c1ccc([N+](=O)[O-])cc1. The number of carbonyl (C=O) groups is 3. The van der Waals surface area contributed by atoms with Gasteiger partial charge in [-0.25, -0.2) is 14.4 Å². The number of nitrogens with zero attached hydrogens (tertiary/aromatic N) is 3. The van der Waals surface area contributed by atoms with Gasteiger partial charge in [0.05, 0.1) is 34.1 Å². The standard InChI is InChI=1S/C19H18N4O9/c20-19(26)21(9-11-31-17(24)13-1-5-15(6-2-13)22(27)28)10-12-32-18(25)14-3-7-16(8-4-14)23(29)30/h1-8H,9-12H2,(H2,20,26). The Bertz CT molecular complexity index is 931. The van der Waals surface area contributed by atoms with Crippen molar-refractivity contribution in [2.45, 2.75) is 0 Å². The van der Waals surface area contributed by atoms with Crippen molar-refractivity contribution >= 4 is 29.3 Å². The molecule has 0 aliphatic heterocycles. The Morgan fingerprint density at radius 3 is 1.38 bits per heavy atom. The highest BCUT2D eigenvalue weighted by Gasteiger charge is 2.15. The average Bonchev–Trinajstić information content (AvgIpc) is 2.77. The van der Waals surface area contributed by atoms with Crippen molar-refractivity contribution in [3.05, 3.63) is 79.9 Å². The monoisotopic (exact) mass is 446 g/mol. The Morgan fingerprint density at radius 1 is 0.750 bits per heavy atom. The van der Waals surface area contributed by atoms with Gasteiger partial charge in [0.15, 0.2) is 0 Å². The number of urea groups is 1. The van der Waals surface area contributed by atoms with Gasteiger partial charge in [0.2, 0.25) is 0 Å². The van der Waals surface area contributed by atoms with Crippen LogP contribution in [0.25, 0.3) is 0 Å². The normalized spacial score (nSPS) is 10.1. The molecule has 13 heteroatoms. The maximum atomic E-state index is 12.0. The summed E-state index contributed by atoms with van der Waals surface area (Å²) in [5.41, 5.74) is 5.10. The molecule has 0 atom stereocenters. The molecule has 0 spiro atoms. The number of rotatable bonds is 10. The van der Waals surface area contributed by atoms with Crippen LogP contribution in [0.4, 0.5) is 16.2 Å². The Balaban J connectivity index is 1.79. The molecule has 0 heterocycles.